The Kier molecular flexibility index (Phi) is 4.52. The highest BCUT2D eigenvalue weighted by atomic mass is 32.2. The summed E-state index contributed by atoms with van der Waals surface area (Å²) < 4.78 is 0. The van der Waals surface area contributed by atoms with Crippen molar-refractivity contribution in [1.82, 2.24) is 14.9 Å². The minimum absolute atomic E-state index is 0.0404. The maximum Gasteiger partial charge on any atom is 0.311 e. The number of aromatic nitrogens is 2. The van der Waals surface area contributed by atoms with Crippen LogP contribution in [0.2, 0.25) is 0 Å². The van der Waals surface area contributed by atoms with Crippen LogP contribution in [0.1, 0.15) is 23.8 Å². The van der Waals surface area contributed by atoms with Crippen molar-refractivity contribution >= 4 is 45.2 Å². The van der Waals surface area contributed by atoms with Crippen molar-refractivity contribution in [3.8, 4) is 0 Å². The maximum atomic E-state index is 12.4. The van der Waals surface area contributed by atoms with E-state index in [1.807, 2.05) is 6.92 Å². The molecule has 1 unspecified atom stereocenters. The van der Waals surface area contributed by atoms with Crippen LogP contribution in [0.5, 0.6) is 0 Å². The molecule has 0 aromatic carbocycles. The van der Waals surface area contributed by atoms with Gasteiger partial charge in [0.2, 0.25) is 5.91 Å². The van der Waals surface area contributed by atoms with Crippen molar-refractivity contribution in [2.24, 2.45) is 5.41 Å². The number of thioether (sulfide) groups is 1. The van der Waals surface area contributed by atoms with Crippen molar-refractivity contribution in [3.63, 3.8) is 0 Å². The number of thiophene rings is 1. The molecular formula is C16H19N3O3S2. The van der Waals surface area contributed by atoms with Gasteiger partial charge in [-0.25, -0.2) is 9.97 Å². The molecule has 0 bridgehead atoms. The number of carboxylic acids is 1. The Balaban J connectivity index is 1.71. The van der Waals surface area contributed by atoms with Gasteiger partial charge in [-0.05, 0) is 32.8 Å². The molecule has 8 heteroatoms. The molecule has 0 radical (unpaired) electrons. The first-order valence-corrected chi connectivity index (χ1v) is 9.47. The first-order chi connectivity index (χ1) is 11.3. The SMILES string of the molecule is Cc1sc2ncnc(SCC(=O)N3CCC(C)(C(=O)O)C3)c2c1C. The van der Waals surface area contributed by atoms with Crippen molar-refractivity contribution in [2.45, 2.75) is 32.2 Å². The lowest BCUT2D eigenvalue weighted by molar-refractivity contribution is -0.147. The first kappa shape index (κ1) is 17.2. The fourth-order valence-corrected chi connectivity index (χ4v) is 4.85. The Labute approximate surface area is 148 Å². The second kappa shape index (κ2) is 6.33. The van der Waals surface area contributed by atoms with Crippen LogP contribution in [0.25, 0.3) is 10.2 Å². The van der Waals surface area contributed by atoms with Crippen LogP contribution in [0, 0.1) is 19.3 Å². The third kappa shape index (κ3) is 3.00. The monoisotopic (exact) mass is 365 g/mol. The molecule has 2 aromatic rings. The van der Waals surface area contributed by atoms with Crippen LogP contribution in [-0.4, -0.2) is 50.7 Å². The highest BCUT2D eigenvalue weighted by Gasteiger charge is 2.41. The standard InChI is InChI=1S/C16H19N3O3S2/c1-9-10(2)24-14-12(9)13(17-8-18-14)23-6-11(20)19-5-4-16(3,7-19)15(21)22/h8H,4-7H2,1-3H3,(H,21,22). The minimum Gasteiger partial charge on any atom is -0.481 e. The molecule has 3 heterocycles. The number of carbonyl (C=O) groups is 2. The van der Waals surface area contributed by atoms with E-state index in [0.717, 1.165) is 20.8 Å². The Morgan fingerprint density at radius 3 is 2.83 bits per heavy atom. The van der Waals surface area contributed by atoms with Gasteiger partial charge in [-0.1, -0.05) is 11.8 Å². The first-order valence-electron chi connectivity index (χ1n) is 7.66. The average Bonchev–Trinajstić information content (AvgIpc) is 3.08. The molecule has 0 saturated carbocycles. The fourth-order valence-electron chi connectivity index (χ4n) is 2.83. The number of hydrogen-bond donors (Lipinski definition) is 1. The van der Waals surface area contributed by atoms with E-state index in [9.17, 15) is 14.7 Å². The molecule has 1 aliphatic rings. The zero-order chi connectivity index (χ0) is 17.5. The number of aryl methyl sites for hydroxylation is 2. The van der Waals surface area contributed by atoms with Crippen molar-refractivity contribution in [2.75, 3.05) is 18.8 Å². The molecule has 0 aliphatic carbocycles. The number of carbonyl (C=O) groups excluding carboxylic acids is 1. The summed E-state index contributed by atoms with van der Waals surface area (Å²) in [5, 5.41) is 11.1. The predicted molar refractivity (Wildman–Crippen MR) is 94.6 cm³/mol. The Bertz CT molecular complexity index is 820. The van der Waals surface area contributed by atoms with Crippen LogP contribution >= 0.6 is 23.1 Å². The van der Waals surface area contributed by atoms with Gasteiger partial charge in [0.15, 0.2) is 0 Å². The second-order valence-corrected chi connectivity index (χ2v) is 8.53. The number of carboxylic acid groups (broad SMARTS) is 1. The zero-order valence-electron chi connectivity index (χ0n) is 13.8. The maximum absolute atomic E-state index is 12.4. The zero-order valence-corrected chi connectivity index (χ0v) is 15.5. The lowest BCUT2D eigenvalue weighted by Crippen LogP contribution is -2.35. The molecule has 1 saturated heterocycles. The van der Waals surface area contributed by atoms with Gasteiger partial charge in [0.1, 0.15) is 16.2 Å². The molecule has 128 valence electrons. The quantitative estimate of drug-likeness (QED) is 0.662. The van der Waals surface area contributed by atoms with E-state index in [1.165, 1.54) is 23.0 Å². The summed E-state index contributed by atoms with van der Waals surface area (Å²) in [5.41, 5.74) is 0.328. The van der Waals surface area contributed by atoms with Gasteiger partial charge in [-0.15, -0.1) is 11.3 Å². The summed E-state index contributed by atoms with van der Waals surface area (Å²) in [5.74, 6) is -0.621. The molecule has 1 fully saturated rings. The van der Waals surface area contributed by atoms with Crippen LogP contribution in [0.15, 0.2) is 11.4 Å². The highest BCUT2D eigenvalue weighted by molar-refractivity contribution is 8.00. The lowest BCUT2D eigenvalue weighted by Gasteiger charge is -2.20. The molecule has 1 N–H and O–H groups in total. The molecule has 6 nitrogen and oxygen atoms in total. The molecule has 24 heavy (non-hydrogen) atoms. The van der Waals surface area contributed by atoms with Crippen LogP contribution in [0.3, 0.4) is 0 Å². The molecule has 0 spiro atoms. The second-order valence-electron chi connectivity index (χ2n) is 6.36. The molecule has 1 aliphatic heterocycles. The van der Waals surface area contributed by atoms with Crippen molar-refractivity contribution in [1.29, 1.82) is 0 Å². The predicted octanol–water partition coefficient (Wildman–Crippen LogP) is 2.72. The Morgan fingerprint density at radius 2 is 2.17 bits per heavy atom. The van der Waals surface area contributed by atoms with E-state index < -0.39 is 11.4 Å². The number of fused-ring (bicyclic) bond motifs is 1. The highest BCUT2D eigenvalue weighted by Crippen LogP contribution is 2.35. The van der Waals surface area contributed by atoms with Gasteiger partial charge in [0.25, 0.3) is 0 Å². The topological polar surface area (TPSA) is 83.4 Å². The Morgan fingerprint density at radius 1 is 1.42 bits per heavy atom. The van der Waals surface area contributed by atoms with E-state index >= 15 is 0 Å². The van der Waals surface area contributed by atoms with Crippen LogP contribution in [-0.2, 0) is 9.59 Å². The number of likely N-dealkylation sites (tertiary alicyclic amines) is 1. The van der Waals surface area contributed by atoms with Gasteiger partial charge in [-0.2, -0.15) is 0 Å². The normalized spacial score (nSPS) is 20.7. The summed E-state index contributed by atoms with van der Waals surface area (Å²) in [4.78, 5) is 36.1. The van der Waals surface area contributed by atoms with E-state index in [4.69, 9.17) is 0 Å². The van der Waals surface area contributed by atoms with Gasteiger partial charge < -0.3 is 10.0 Å². The third-order valence-electron chi connectivity index (χ3n) is 4.61. The molecule has 1 atom stereocenters. The largest absolute Gasteiger partial charge is 0.481 e. The fraction of sp³-hybridized carbons (Fsp3) is 0.500. The van der Waals surface area contributed by atoms with Gasteiger partial charge in [-0.3, -0.25) is 9.59 Å². The number of aliphatic carboxylic acids is 1. The van der Waals surface area contributed by atoms with Crippen molar-refractivity contribution in [3.05, 3.63) is 16.8 Å². The van der Waals surface area contributed by atoms with Gasteiger partial charge >= 0.3 is 5.97 Å². The summed E-state index contributed by atoms with van der Waals surface area (Å²) >= 11 is 3.03. The molecular weight excluding hydrogens is 346 g/mol. The number of amides is 1. The lowest BCUT2D eigenvalue weighted by atomic mass is 9.90. The molecule has 3 rings (SSSR count). The van der Waals surface area contributed by atoms with E-state index in [2.05, 4.69) is 16.9 Å². The van der Waals surface area contributed by atoms with Gasteiger partial charge in [0, 0.05) is 23.4 Å². The summed E-state index contributed by atoms with van der Waals surface area (Å²) in [7, 11) is 0. The average molecular weight is 365 g/mol. The third-order valence-corrected chi connectivity index (χ3v) is 6.69. The summed E-state index contributed by atoms with van der Waals surface area (Å²) in [6.07, 6.45) is 2.03. The summed E-state index contributed by atoms with van der Waals surface area (Å²) in [6, 6.07) is 0. The van der Waals surface area contributed by atoms with Gasteiger partial charge in [0.05, 0.1) is 11.2 Å². The molecule has 2 aromatic heterocycles. The molecule has 1 amide bonds. The van der Waals surface area contributed by atoms with Crippen LogP contribution in [0.4, 0.5) is 0 Å². The number of nitrogens with zero attached hydrogens (tertiary/aromatic N) is 3. The number of hydrogen-bond acceptors (Lipinski definition) is 6. The number of rotatable bonds is 4. The van der Waals surface area contributed by atoms with E-state index in [-0.39, 0.29) is 18.2 Å². The van der Waals surface area contributed by atoms with Crippen LogP contribution < -0.4 is 0 Å². The minimum atomic E-state index is -0.840. The Hall–Kier alpha value is -1.67. The van der Waals surface area contributed by atoms with E-state index in [0.29, 0.717) is 13.0 Å². The smallest absolute Gasteiger partial charge is 0.311 e. The van der Waals surface area contributed by atoms with E-state index in [1.54, 1.807) is 23.2 Å². The summed E-state index contributed by atoms with van der Waals surface area (Å²) in [6.45, 7) is 6.57. The van der Waals surface area contributed by atoms with Crippen molar-refractivity contribution < 1.29 is 14.7 Å².